The number of nitrogens with one attached hydrogen (secondary N) is 1. The van der Waals surface area contributed by atoms with E-state index in [2.05, 4.69) is 5.32 Å². The number of carbonyl (C=O) groups is 2. The van der Waals surface area contributed by atoms with Gasteiger partial charge in [-0.2, -0.15) is 0 Å². The van der Waals surface area contributed by atoms with E-state index in [0.29, 0.717) is 0 Å². The fraction of sp³-hybridized carbons (Fsp3) is 0.440. The Hall–Kier alpha value is -3.01. The predicted octanol–water partition coefficient (Wildman–Crippen LogP) is 3.76. The van der Waals surface area contributed by atoms with Gasteiger partial charge in [0.25, 0.3) is 0 Å². The summed E-state index contributed by atoms with van der Waals surface area (Å²) in [6, 6.07) is 9.59. The zero-order chi connectivity index (χ0) is 26.3. The van der Waals surface area contributed by atoms with Gasteiger partial charge < -0.3 is 10.2 Å². The molecule has 0 bridgehead atoms. The number of rotatable bonds is 11. The van der Waals surface area contributed by atoms with E-state index in [0.717, 1.165) is 33.8 Å². The van der Waals surface area contributed by atoms with Gasteiger partial charge in [0.15, 0.2) is 11.6 Å². The lowest BCUT2D eigenvalue weighted by Crippen LogP contribution is -2.49. The number of hydrogen-bond donors (Lipinski definition) is 1. The Morgan fingerprint density at radius 1 is 1.03 bits per heavy atom. The van der Waals surface area contributed by atoms with Crippen molar-refractivity contribution in [1.29, 1.82) is 0 Å². The number of carbonyl (C=O) groups excluding carboxylic acids is 2. The van der Waals surface area contributed by atoms with Crippen LogP contribution in [-0.2, 0) is 26.2 Å². The van der Waals surface area contributed by atoms with Gasteiger partial charge in [-0.3, -0.25) is 13.9 Å². The van der Waals surface area contributed by atoms with E-state index >= 15 is 0 Å². The highest BCUT2D eigenvalue weighted by atomic mass is 32.2. The molecule has 2 aromatic rings. The van der Waals surface area contributed by atoms with Gasteiger partial charge in [0.2, 0.25) is 21.8 Å². The van der Waals surface area contributed by atoms with Gasteiger partial charge in [-0.15, -0.1) is 0 Å². The molecule has 10 heteroatoms. The van der Waals surface area contributed by atoms with Crippen molar-refractivity contribution in [1.82, 2.24) is 10.2 Å². The first-order valence-electron chi connectivity index (χ1n) is 11.4. The summed E-state index contributed by atoms with van der Waals surface area (Å²) in [5.41, 5.74) is 1.85. The van der Waals surface area contributed by atoms with Crippen LogP contribution in [0.5, 0.6) is 0 Å². The van der Waals surface area contributed by atoms with Crippen LogP contribution in [0.3, 0.4) is 0 Å². The van der Waals surface area contributed by atoms with Crippen LogP contribution in [0, 0.1) is 18.6 Å². The van der Waals surface area contributed by atoms with E-state index in [-0.39, 0.29) is 49.5 Å². The number of benzene rings is 2. The van der Waals surface area contributed by atoms with Gasteiger partial charge in [-0.1, -0.05) is 29.8 Å². The Labute approximate surface area is 206 Å². The average molecular weight is 510 g/mol. The summed E-state index contributed by atoms with van der Waals surface area (Å²) in [5, 5.41) is 2.81. The van der Waals surface area contributed by atoms with Crippen LogP contribution in [0.1, 0.15) is 44.7 Å². The zero-order valence-corrected chi connectivity index (χ0v) is 21.5. The Morgan fingerprint density at radius 2 is 1.71 bits per heavy atom. The van der Waals surface area contributed by atoms with E-state index in [1.165, 1.54) is 11.0 Å². The fourth-order valence-electron chi connectivity index (χ4n) is 3.64. The van der Waals surface area contributed by atoms with Gasteiger partial charge in [0.1, 0.15) is 6.04 Å². The highest BCUT2D eigenvalue weighted by Crippen LogP contribution is 2.22. The quantitative estimate of drug-likeness (QED) is 0.500. The van der Waals surface area contributed by atoms with Crippen molar-refractivity contribution in [3.05, 3.63) is 65.2 Å². The molecular formula is C25H33F2N3O4S. The minimum Gasteiger partial charge on any atom is -0.352 e. The summed E-state index contributed by atoms with van der Waals surface area (Å²) in [6.07, 6.45) is 1.03. The molecule has 1 atom stereocenters. The zero-order valence-electron chi connectivity index (χ0n) is 20.7. The molecule has 0 unspecified atom stereocenters. The highest BCUT2D eigenvalue weighted by Gasteiger charge is 2.27. The first-order chi connectivity index (χ1) is 16.3. The molecule has 0 saturated carbocycles. The molecule has 7 nitrogen and oxygen atoms in total. The number of sulfonamides is 1. The largest absolute Gasteiger partial charge is 0.352 e. The Morgan fingerprint density at radius 3 is 2.29 bits per heavy atom. The lowest BCUT2D eigenvalue weighted by molar-refractivity contribution is -0.140. The molecular weight excluding hydrogens is 476 g/mol. The molecule has 192 valence electrons. The molecule has 0 spiro atoms. The van der Waals surface area contributed by atoms with Crippen molar-refractivity contribution in [3.8, 4) is 0 Å². The standard InChI is InChI=1S/C25H33F2N3O4S/c1-17(2)28-25(32)19(4)29(16-20-9-6-8-18(3)14-20)24(31)10-7-13-30(35(5,33)34)21-11-12-22(26)23(27)15-21/h6,8-9,11-12,14-15,17,19H,7,10,13,16H2,1-5H3,(H,28,32)/t19-/m0/s1. The maximum absolute atomic E-state index is 13.7. The first kappa shape index (κ1) is 28.2. The molecule has 0 saturated heterocycles. The van der Waals surface area contributed by atoms with E-state index in [4.69, 9.17) is 0 Å². The van der Waals surface area contributed by atoms with Crippen molar-refractivity contribution in [3.63, 3.8) is 0 Å². The van der Waals surface area contributed by atoms with Crippen molar-refractivity contribution >= 4 is 27.5 Å². The van der Waals surface area contributed by atoms with Crippen LogP contribution in [0.15, 0.2) is 42.5 Å². The molecule has 0 aliphatic carbocycles. The molecule has 0 aliphatic heterocycles. The lowest BCUT2D eigenvalue weighted by Gasteiger charge is -2.30. The van der Waals surface area contributed by atoms with Crippen molar-refractivity contribution in [2.75, 3.05) is 17.1 Å². The third kappa shape index (κ3) is 8.31. The molecule has 2 aromatic carbocycles. The predicted molar refractivity (Wildman–Crippen MR) is 132 cm³/mol. The second kappa shape index (κ2) is 12.1. The summed E-state index contributed by atoms with van der Waals surface area (Å²) >= 11 is 0. The normalized spacial score (nSPS) is 12.3. The van der Waals surface area contributed by atoms with Gasteiger partial charge >= 0.3 is 0 Å². The summed E-state index contributed by atoms with van der Waals surface area (Å²) in [6.45, 7) is 7.34. The molecule has 0 aliphatic rings. The van der Waals surface area contributed by atoms with Crippen LogP contribution < -0.4 is 9.62 Å². The van der Waals surface area contributed by atoms with Crippen molar-refractivity contribution in [2.45, 2.75) is 59.2 Å². The fourth-order valence-corrected chi connectivity index (χ4v) is 4.60. The van der Waals surface area contributed by atoms with Gasteiger partial charge in [-0.05, 0) is 51.8 Å². The second-order valence-corrected chi connectivity index (χ2v) is 10.8. The monoisotopic (exact) mass is 509 g/mol. The molecule has 0 radical (unpaired) electrons. The van der Waals surface area contributed by atoms with Gasteiger partial charge in [-0.25, -0.2) is 17.2 Å². The maximum Gasteiger partial charge on any atom is 0.242 e. The Bertz CT molecular complexity index is 1160. The van der Waals surface area contributed by atoms with Crippen LogP contribution >= 0.6 is 0 Å². The van der Waals surface area contributed by atoms with E-state index in [1.54, 1.807) is 6.92 Å². The Balaban J connectivity index is 2.19. The molecule has 1 N–H and O–H groups in total. The average Bonchev–Trinajstić information content (AvgIpc) is 2.75. The van der Waals surface area contributed by atoms with Gasteiger partial charge in [0, 0.05) is 31.6 Å². The number of aryl methyl sites for hydroxylation is 1. The highest BCUT2D eigenvalue weighted by molar-refractivity contribution is 7.92. The summed E-state index contributed by atoms with van der Waals surface area (Å²) in [5.74, 6) is -2.86. The van der Waals surface area contributed by atoms with E-state index in [1.807, 2.05) is 45.0 Å². The Kier molecular flexibility index (Phi) is 9.76. The maximum atomic E-state index is 13.7. The third-order valence-corrected chi connectivity index (χ3v) is 6.57. The number of halogens is 2. The third-order valence-electron chi connectivity index (χ3n) is 5.38. The molecule has 0 heterocycles. The van der Waals surface area contributed by atoms with E-state index in [9.17, 15) is 26.8 Å². The summed E-state index contributed by atoms with van der Waals surface area (Å²) in [4.78, 5) is 27.3. The molecule has 2 amide bonds. The smallest absolute Gasteiger partial charge is 0.242 e. The van der Waals surface area contributed by atoms with Crippen molar-refractivity contribution < 1.29 is 26.8 Å². The molecule has 35 heavy (non-hydrogen) atoms. The second-order valence-electron chi connectivity index (χ2n) is 8.89. The first-order valence-corrected chi connectivity index (χ1v) is 13.2. The van der Waals surface area contributed by atoms with Crippen LogP contribution in [0.2, 0.25) is 0 Å². The van der Waals surface area contributed by atoms with Crippen LogP contribution in [0.4, 0.5) is 14.5 Å². The number of hydrogen-bond acceptors (Lipinski definition) is 4. The number of amides is 2. The summed E-state index contributed by atoms with van der Waals surface area (Å²) < 4.78 is 52.5. The topological polar surface area (TPSA) is 86.8 Å². The summed E-state index contributed by atoms with van der Waals surface area (Å²) in [7, 11) is -3.81. The van der Waals surface area contributed by atoms with E-state index < -0.39 is 27.7 Å². The number of anilines is 1. The SMILES string of the molecule is Cc1cccc(CN(C(=O)CCCN(c2ccc(F)c(F)c2)S(C)(=O)=O)[C@@H](C)C(=O)NC(C)C)c1. The minimum atomic E-state index is -3.81. The van der Waals surface area contributed by atoms with Crippen LogP contribution in [0.25, 0.3) is 0 Å². The molecule has 0 fully saturated rings. The molecule has 2 rings (SSSR count). The van der Waals surface area contributed by atoms with Crippen molar-refractivity contribution in [2.24, 2.45) is 0 Å². The lowest BCUT2D eigenvalue weighted by atomic mass is 10.1. The minimum absolute atomic E-state index is 0.0276. The van der Waals surface area contributed by atoms with Crippen LogP contribution in [-0.4, -0.2) is 50.0 Å². The van der Waals surface area contributed by atoms with Gasteiger partial charge in [0.05, 0.1) is 11.9 Å². The number of nitrogens with zero attached hydrogens (tertiary/aromatic N) is 2. The molecule has 0 aromatic heterocycles.